The van der Waals surface area contributed by atoms with Gasteiger partial charge in [-0.25, -0.2) is 8.42 Å². The summed E-state index contributed by atoms with van der Waals surface area (Å²) in [6, 6.07) is 18.6. The largest absolute Gasteiger partial charge is 0 e. The number of hydrogen-bond donors (Lipinski definition) is 0. The molecular weight excluding hydrogens is 380 g/mol. The van der Waals surface area contributed by atoms with Gasteiger partial charge in [0.1, 0.15) is 0 Å². The van der Waals surface area contributed by atoms with Gasteiger partial charge in [0.25, 0.3) is 0 Å². The maximum atomic E-state index is 12.4. The third-order valence-corrected chi connectivity index (χ3v) is 5.68. The van der Waals surface area contributed by atoms with Gasteiger partial charge in [-0.1, -0.05) is 48.5 Å². The van der Waals surface area contributed by atoms with Crippen molar-refractivity contribution >= 4 is 9.84 Å². The fourth-order valence-electron chi connectivity index (χ4n) is 2.35. The first kappa shape index (κ1) is 25.4. The molecule has 0 heterocycles. The van der Waals surface area contributed by atoms with Crippen LogP contribution in [-0.2, 0) is 41.2 Å². The molecule has 0 radical (unpaired) electrons. The molecular formula is C18H14CrO5S. The van der Waals surface area contributed by atoms with Crippen molar-refractivity contribution in [1.82, 2.24) is 0 Å². The summed E-state index contributed by atoms with van der Waals surface area (Å²) in [6.45, 7) is 13.5. The Morgan fingerprint density at radius 2 is 1.16 bits per heavy atom. The van der Waals surface area contributed by atoms with Crippen LogP contribution >= 0.6 is 0 Å². The molecule has 3 rings (SSSR count). The maximum absolute atomic E-state index is 12.4. The smallest absolute Gasteiger partial charge is 0 e. The number of benzene rings is 2. The Labute approximate surface area is 158 Å². The Bertz CT molecular complexity index is 753. The Kier molecular flexibility index (Phi) is 13.6. The van der Waals surface area contributed by atoms with E-state index in [0.717, 1.165) is 12.0 Å². The maximum Gasteiger partial charge on any atom is 0 e. The van der Waals surface area contributed by atoms with Crippen molar-refractivity contribution in [3.05, 3.63) is 86.2 Å². The predicted octanol–water partition coefficient (Wildman–Crippen LogP) is 2.90. The number of sulfone groups is 1. The van der Waals surface area contributed by atoms with E-state index in [2.05, 4.69) is 20.0 Å². The van der Waals surface area contributed by atoms with E-state index in [0.29, 0.717) is 4.90 Å². The van der Waals surface area contributed by atoms with E-state index in [1.54, 1.807) is 24.3 Å². The Hall–Kier alpha value is -1.86. The quantitative estimate of drug-likeness (QED) is 0.591. The van der Waals surface area contributed by atoms with Gasteiger partial charge in [0.05, 0.1) is 10.1 Å². The molecule has 2 unspecified atom stereocenters. The molecule has 1 fully saturated rings. The zero-order valence-electron chi connectivity index (χ0n) is 13.0. The first-order valence-corrected chi connectivity index (χ1v) is 8.19. The van der Waals surface area contributed by atoms with Crippen LogP contribution in [0.4, 0.5) is 0 Å². The van der Waals surface area contributed by atoms with E-state index in [1.807, 2.05) is 36.4 Å². The zero-order valence-corrected chi connectivity index (χ0v) is 15.1. The molecule has 1 aliphatic carbocycles. The molecule has 2 aromatic carbocycles. The summed E-state index contributed by atoms with van der Waals surface area (Å²) in [5.74, 6) is 0.163. The molecule has 5 nitrogen and oxygen atoms in total. The monoisotopic (exact) mass is 394 g/mol. The van der Waals surface area contributed by atoms with Crippen LogP contribution in [0.1, 0.15) is 17.9 Å². The second-order valence-electron chi connectivity index (χ2n) is 4.65. The molecule has 0 N–H and O–H groups in total. The molecule has 0 aromatic heterocycles. The van der Waals surface area contributed by atoms with Crippen LogP contribution in [0.2, 0.25) is 0 Å². The van der Waals surface area contributed by atoms with Gasteiger partial charge in [0.2, 0.25) is 0 Å². The molecule has 128 valence electrons. The third-order valence-electron chi connectivity index (χ3n) is 3.43. The summed E-state index contributed by atoms with van der Waals surface area (Å²) in [6.07, 6.45) is 0.737. The first-order chi connectivity index (χ1) is 11.7. The summed E-state index contributed by atoms with van der Waals surface area (Å²) >= 11 is 0. The summed E-state index contributed by atoms with van der Waals surface area (Å²) in [4.78, 5) is 0.438. The molecule has 25 heavy (non-hydrogen) atoms. The molecule has 7 heteroatoms. The van der Waals surface area contributed by atoms with Gasteiger partial charge in [-0.2, -0.15) is 0 Å². The minimum atomic E-state index is -3.16. The summed E-state index contributed by atoms with van der Waals surface area (Å²) < 4.78 is 47.3. The van der Waals surface area contributed by atoms with Crippen molar-refractivity contribution in [2.75, 3.05) is 0 Å². The molecule has 1 saturated carbocycles. The van der Waals surface area contributed by atoms with Gasteiger partial charge in [-0.15, -0.1) is 0 Å². The van der Waals surface area contributed by atoms with Crippen molar-refractivity contribution in [2.24, 2.45) is 0 Å². The Balaban J connectivity index is 0. The molecule has 0 saturated heterocycles. The van der Waals surface area contributed by atoms with Gasteiger partial charge in [-0.3, -0.25) is 0 Å². The molecule has 0 aliphatic heterocycles. The number of rotatable bonds is 3. The van der Waals surface area contributed by atoms with Crippen LogP contribution in [0.25, 0.3) is 0 Å². The van der Waals surface area contributed by atoms with Crippen molar-refractivity contribution in [2.45, 2.75) is 22.5 Å². The van der Waals surface area contributed by atoms with Gasteiger partial charge in [0, 0.05) is 23.3 Å². The van der Waals surface area contributed by atoms with Gasteiger partial charge < -0.3 is 0 Å². The standard InChI is InChI=1S/C15H14O2S.3CO.Cr/c16-18(17,13-9-5-2-6-10-13)15-11-14(15)12-7-3-1-4-8-12;3*1-2;/h1-10,14-15H,11H2;;;;. The van der Waals surface area contributed by atoms with E-state index in [4.69, 9.17) is 14.0 Å². The summed E-state index contributed by atoms with van der Waals surface area (Å²) in [5, 5.41) is -0.248. The number of hydrogen-bond acceptors (Lipinski definition) is 2. The second kappa shape index (κ2) is 13.4. The molecule has 0 spiro atoms. The molecule has 2 atom stereocenters. The first-order valence-electron chi connectivity index (χ1n) is 6.65. The van der Waals surface area contributed by atoms with Crippen molar-refractivity contribution in [3.8, 4) is 0 Å². The molecule has 0 amide bonds. The van der Waals surface area contributed by atoms with Gasteiger partial charge in [0.15, 0.2) is 9.84 Å². The summed E-state index contributed by atoms with van der Waals surface area (Å²) in [5.41, 5.74) is 1.13. The minimum Gasteiger partial charge on any atom is 0 e. The van der Waals surface area contributed by atoms with Crippen LogP contribution in [0, 0.1) is 20.0 Å². The van der Waals surface area contributed by atoms with E-state index in [-0.39, 0.29) is 28.5 Å². The topological polar surface area (TPSA) is 93.8 Å². The molecule has 2 aromatic rings. The Morgan fingerprint density at radius 3 is 1.60 bits per heavy atom. The molecule has 0 bridgehead atoms. The van der Waals surface area contributed by atoms with Crippen LogP contribution in [0.5, 0.6) is 0 Å². The average Bonchev–Trinajstić information content (AvgIpc) is 3.50. The van der Waals surface area contributed by atoms with Crippen LogP contribution in [0.15, 0.2) is 65.6 Å². The van der Waals surface area contributed by atoms with Crippen molar-refractivity contribution < 1.29 is 39.7 Å². The van der Waals surface area contributed by atoms with E-state index in [1.165, 1.54) is 0 Å². The van der Waals surface area contributed by atoms with Gasteiger partial charge >= 0.3 is 33.9 Å². The Morgan fingerprint density at radius 1 is 0.760 bits per heavy atom. The van der Waals surface area contributed by atoms with E-state index in [9.17, 15) is 8.42 Å². The van der Waals surface area contributed by atoms with E-state index < -0.39 is 9.84 Å². The zero-order chi connectivity index (χ0) is 18.6. The van der Waals surface area contributed by atoms with Crippen LogP contribution < -0.4 is 0 Å². The van der Waals surface area contributed by atoms with Gasteiger partial charge in [-0.05, 0) is 24.1 Å². The fraction of sp³-hybridized carbons (Fsp3) is 0.167. The average molecular weight is 394 g/mol. The second-order valence-corrected chi connectivity index (χ2v) is 6.82. The van der Waals surface area contributed by atoms with Crippen molar-refractivity contribution in [3.63, 3.8) is 0 Å². The third kappa shape index (κ3) is 6.88. The van der Waals surface area contributed by atoms with Crippen LogP contribution in [0.3, 0.4) is 0 Å². The SMILES string of the molecule is O=S(=O)(c1ccccc1)C1CC1c1ccccc1.[C-]#[O+].[C-]#[O+].[C-]#[O+].[Cr]. The van der Waals surface area contributed by atoms with Crippen LogP contribution in [-0.4, -0.2) is 13.7 Å². The van der Waals surface area contributed by atoms with Crippen molar-refractivity contribution in [1.29, 1.82) is 0 Å². The minimum absolute atomic E-state index is 0. The fourth-order valence-corrected chi connectivity index (χ4v) is 4.29. The normalized spacial score (nSPS) is 16.6. The van der Waals surface area contributed by atoms with E-state index >= 15 is 0 Å². The predicted molar refractivity (Wildman–Crippen MR) is 83.0 cm³/mol. The molecule has 1 aliphatic rings. The summed E-state index contributed by atoms with van der Waals surface area (Å²) in [7, 11) is -3.16.